The van der Waals surface area contributed by atoms with E-state index < -0.39 is 5.60 Å². The van der Waals surface area contributed by atoms with Crippen molar-refractivity contribution < 1.29 is 61.2 Å². The number of pyridine rings is 1. The number of aryl methyl sites for hydroxylation is 1. The van der Waals surface area contributed by atoms with Crippen LogP contribution in [0.1, 0.15) is 103 Å². The first kappa shape index (κ1) is 46.3. The van der Waals surface area contributed by atoms with E-state index >= 15 is 0 Å². The fraction of sp³-hybridized carbons (Fsp3) is 0.425. The summed E-state index contributed by atoms with van der Waals surface area (Å²) in [6.07, 6.45) is 16.8. The number of hydrogen-bond acceptors (Lipinski definition) is 8. The van der Waals surface area contributed by atoms with Gasteiger partial charge in [-0.1, -0.05) is 58.7 Å². The van der Waals surface area contributed by atoms with E-state index in [9.17, 15) is 5.11 Å². The number of allylic oxidation sites excluding steroid dienone is 5. The number of aliphatic hydroxyl groups is 1. The van der Waals surface area contributed by atoms with Gasteiger partial charge in [0.1, 0.15) is 5.60 Å². The van der Waals surface area contributed by atoms with Crippen LogP contribution in [-0.4, -0.2) is 24.2 Å². The standard InChI is InChI=1S/C22H29N5O.C10H13NO.C5H11.C3H8.K/c1-5-8-14(2)16-11-7-12-17(22(16)28-4)27-18(13-19(23)24)20(25)21(26-3)15-9-6-10-15;1-2-8-4-3-5-9(11-8)10(12)6-7-10;1-3-5-4-2;1-3-2;/h2,5,7-8,11-13,26-27H,1,6,9-10,23-25H2,3-4H3;3-5,12H,2,6-7H2,1H3;5H,3-4H2,1-2H3;3H2,1-2H3;/q-2;;-1;;+1/b8-5-,20-18+;;;;. The van der Waals surface area contributed by atoms with Gasteiger partial charge in [-0.2, -0.15) is 12.8 Å². The Morgan fingerprint density at radius 1 is 1.06 bits per heavy atom. The van der Waals surface area contributed by atoms with Crippen LogP contribution in [0.2, 0.25) is 0 Å². The monoisotopic (exact) mass is 696 g/mol. The number of unbranched alkanes of at least 4 members (excludes halogenated alkanes) is 2. The summed E-state index contributed by atoms with van der Waals surface area (Å²) in [4.78, 5) is 4.38. The Hall–Kier alpha value is -2.66. The Kier molecular flexibility index (Phi) is 23.9. The van der Waals surface area contributed by atoms with Crippen LogP contribution in [0.3, 0.4) is 0 Å². The second-order valence-electron chi connectivity index (χ2n) is 11.6. The van der Waals surface area contributed by atoms with Gasteiger partial charge in [0.05, 0.1) is 47.2 Å². The molecule has 1 aromatic carbocycles. The number of nitrogens with zero attached hydrogens (tertiary/aromatic N) is 1. The molecule has 9 N–H and O–H groups in total. The zero-order chi connectivity index (χ0) is 36.1. The molecule has 0 spiro atoms. The minimum absolute atomic E-state index is 0. The molecule has 2 aliphatic carbocycles. The average Bonchev–Trinajstić information content (AvgIpc) is 3.81. The topological polar surface area (TPSA) is 144 Å². The molecule has 0 radical (unpaired) electrons. The Morgan fingerprint density at radius 2 is 1.67 bits per heavy atom. The van der Waals surface area contributed by atoms with Gasteiger partial charge >= 0.3 is 51.4 Å². The van der Waals surface area contributed by atoms with Crippen molar-refractivity contribution in [3.05, 3.63) is 120 Å². The number of hydrogen-bond donors (Lipinski definition) is 6. The summed E-state index contributed by atoms with van der Waals surface area (Å²) >= 11 is 0. The summed E-state index contributed by atoms with van der Waals surface area (Å²) in [5, 5.41) is 16.2. The molecule has 2 fully saturated rings. The van der Waals surface area contributed by atoms with Gasteiger partial charge in [0.2, 0.25) is 0 Å². The molecule has 0 unspecified atom stereocenters. The third-order valence-electron chi connectivity index (χ3n) is 7.47. The number of benzene rings is 1. The van der Waals surface area contributed by atoms with Crippen molar-refractivity contribution in [3.63, 3.8) is 0 Å². The van der Waals surface area contributed by atoms with Crippen LogP contribution in [0.25, 0.3) is 5.57 Å². The minimum atomic E-state index is -0.578. The zero-order valence-electron chi connectivity index (χ0n) is 31.5. The molecule has 2 aliphatic rings. The van der Waals surface area contributed by atoms with Crippen LogP contribution in [0.4, 0.5) is 5.69 Å². The van der Waals surface area contributed by atoms with E-state index in [4.69, 9.17) is 28.5 Å². The van der Waals surface area contributed by atoms with Gasteiger partial charge in [-0.3, -0.25) is 4.98 Å². The van der Waals surface area contributed by atoms with E-state index in [1.807, 2.05) is 43.4 Å². The maximum absolute atomic E-state index is 9.76. The maximum atomic E-state index is 9.76. The van der Waals surface area contributed by atoms with E-state index in [0.29, 0.717) is 28.4 Å². The van der Waals surface area contributed by atoms with Gasteiger partial charge < -0.3 is 44.1 Å². The maximum Gasteiger partial charge on any atom is 1.00 e. The number of nitrogens with one attached hydrogen (secondary N) is 2. The Morgan fingerprint density at radius 3 is 2.10 bits per heavy atom. The molecular weight excluding hydrogens is 636 g/mol. The summed E-state index contributed by atoms with van der Waals surface area (Å²) in [5.41, 5.74) is 24.5. The molecule has 2 aromatic rings. The Labute approximate surface area is 340 Å². The first-order chi connectivity index (χ1) is 23.0. The van der Waals surface area contributed by atoms with Gasteiger partial charge in [0, 0.05) is 18.8 Å². The first-order valence-electron chi connectivity index (χ1n) is 17.2. The molecule has 0 atom stereocenters. The number of rotatable bonds is 12. The van der Waals surface area contributed by atoms with E-state index in [1.54, 1.807) is 25.3 Å². The molecule has 49 heavy (non-hydrogen) atoms. The molecule has 1 aromatic heterocycles. The Balaban J connectivity index is 0.000000896. The first-order valence-corrected chi connectivity index (χ1v) is 17.2. The van der Waals surface area contributed by atoms with E-state index in [-0.39, 0.29) is 57.2 Å². The smallest absolute Gasteiger partial charge is 0.507 e. The molecule has 0 saturated heterocycles. The minimum Gasteiger partial charge on any atom is -0.507 e. The average molecular weight is 697 g/mol. The van der Waals surface area contributed by atoms with Gasteiger partial charge in [-0.15, -0.1) is 6.07 Å². The van der Waals surface area contributed by atoms with Crippen LogP contribution in [0, 0.1) is 19.9 Å². The quantitative estimate of drug-likeness (QED) is 0.104. The normalized spacial score (nSPS) is 13.9. The molecule has 0 aliphatic heterocycles. The van der Waals surface area contributed by atoms with E-state index in [1.165, 1.54) is 24.8 Å². The number of aromatic nitrogens is 1. The fourth-order valence-corrected chi connectivity index (χ4v) is 4.63. The molecule has 9 heteroatoms. The van der Waals surface area contributed by atoms with Crippen LogP contribution in [0.5, 0.6) is 5.75 Å². The molecule has 8 nitrogen and oxygen atoms in total. The fourth-order valence-electron chi connectivity index (χ4n) is 4.63. The van der Waals surface area contributed by atoms with Gasteiger partial charge in [0.25, 0.3) is 0 Å². The Bertz CT molecular complexity index is 1400. The third-order valence-corrected chi connectivity index (χ3v) is 7.47. The molecule has 4 rings (SSSR count). The molecule has 2 saturated carbocycles. The van der Waals surface area contributed by atoms with Crippen LogP contribution in [0.15, 0.2) is 83.1 Å². The number of likely N-dealkylation sites (N-methyl/N-ethyl adjacent to an activating group) is 1. The SMILES string of the molecule is CCC.CC[CH-]CC.CCc1cccc(C2(O)CC2)n1.[CH-]=C(/C=C\[CH2-])c1cccc(N/C(C=C(N)N)=C(/N)C(NC)=C2CCC2)c1OC.[K+]. The predicted octanol–water partition coefficient (Wildman–Crippen LogP) is 4.96. The van der Waals surface area contributed by atoms with Gasteiger partial charge in [0.15, 0.2) is 0 Å². The number of nitrogens with two attached hydrogens (primary N) is 3. The second-order valence-corrected chi connectivity index (χ2v) is 11.6. The van der Waals surface area contributed by atoms with Crippen molar-refractivity contribution in [3.8, 4) is 5.75 Å². The van der Waals surface area contributed by atoms with E-state index in [0.717, 1.165) is 61.2 Å². The number of methoxy groups -OCH3 is 1. The van der Waals surface area contributed by atoms with Crippen molar-refractivity contribution in [2.45, 2.75) is 98.0 Å². The van der Waals surface area contributed by atoms with Crippen molar-refractivity contribution >= 4 is 11.3 Å². The predicted molar refractivity (Wildman–Crippen MR) is 204 cm³/mol. The third kappa shape index (κ3) is 15.8. The van der Waals surface area contributed by atoms with Crippen molar-refractivity contribution in [1.29, 1.82) is 0 Å². The molecule has 0 bridgehead atoms. The van der Waals surface area contributed by atoms with Crippen molar-refractivity contribution in [2.75, 3.05) is 19.5 Å². The van der Waals surface area contributed by atoms with Crippen molar-refractivity contribution in [1.82, 2.24) is 10.3 Å². The summed E-state index contributed by atoms with van der Waals surface area (Å²) in [6.45, 7) is 20.5. The van der Waals surface area contributed by atoms with E-state index in [2.05, 4.69) is 63.6 Å². The molecule has 0 amide bonds. The number of para-hydroxylation sites is 1. The van der Waals surface area contributed by atoms with Gasteiger partial charge in [-0.25, -0.2) is 31.2 Å². The summed E-state index contributed by atoms with van der Waals surface area (Å²) in [6, 6.07) is 11.5. The van der Waals surface area contributed by atoms with Crippen molar-refractivity contribution in [2.24, 2.45) is 17.2 Å². The zero-order valence-corrected chi connectivity index (χ0v) is 34.6. The van der Waals surface area contributed by atoms with Gasteiger partial charge in [-0.05, 0) is 62.3 Å². The number of ether oxygens (including phenoxy) is 1. The summed E-state index contributed by atoms with van der Waals surface area (Å²) in [7, 11) is 3.43. The van der Waals surface area contributed by atoms with Crippen LogP contribution >= 0.6 is 0 Å². The summed E-state index contributed by atoms with van der Waals surface area (Å²) in [5.74, 6) is 0.718. The number of anilines is 1. The summed E-state index contributed by atoms with van der Waals surface area (Å²) < 4.78 is 5.60. The van der Waals surface area contributed by atoms with Crippen LogP contribution in [-0.2, 0) is 12.0 Å². The second kappa shape index (κ2) is 25.3. The largest absolute Gasteiger partial charge is 1.00 e. The molecule has 1 heterocycles. The molecular formula is C40H61KN6O2-2. The molecule has 266 valence electrons. The van der Waals surface area contributed by atoms with Crippen LogP contribution < -0.4 is 84.0 Å².